The highest BCUT2D eigenvalue weighted by atomic mass is 16.2. The molecular weight excluding hydrogens is 242 g/mol. The van der Waals surface area contributed by atoms with E-state index in [1.54, 1.807) is 11.1 Å². The van der Waals surface area contributed by atoms with Gasteiger partial charge in [0.05, 0.1) is 11.9 Å². The van der Waals surface area contributed by atoms with Gasteiger partial charge < -0.3 is 9.88 Å². The van der Waals surface area contributed by atoms with Crippen LogP contribution in [0.2, 0.25) is 0 Å². The zero-order chi connectivity index (χ0) is 13.4. The zero-order valence-electron chi connectivity index (χ0n) is 10.6. The number of aromatic nitrogens is 2. The van der Waals surface area contributed by atoms with E-state index >= 15 is 0 Å². The summed E-state index contributed by atoms with van der Waals surface area (Å²) in [6.45, 7) is 0. The lowest BCUT2D eigenvalue weighted by Gasteiger charge is -2.26. The molecule has 98 valence electrons. The van der Waals surface area contributed by atoms with Crippen LogP contribution in [0.5, 0.6) is 0 Å². The Labute approximate surface area is 110 Å². The molecule has 1 aliphatic rings. The molecule has 1 amide bonds. The van der Waals surface area contributed by atoms with E-state index in [-0.39, 0.29) is 5.91 Å². The Hall–Kier alpha value is -2.34. The Morgan fingerprint density at radius 3 is 3.00 bits per heavy atom. The predicted molar refractivity (Wildman–Crippen MR) is 73.6 cm³/mol. The van der Waals surface area contributed by atoms with Crippen LogP contribution in [0.15, 0.2) is 24.4 Å². The molecule has 0 aliphatic carbocycles. The summed E-state index contributed by atoms with van der Waals surface area (Å²) in [7, 11) is 1.81. The number of carbonyl (C=O) groups is 1. The fourth-order valence-corrected chi connectivity index (χ4v) is 2.37. The number of aromatic amines is 1. The average Bonchev–Trinajstić information content (AvgIpc) is 2.91. The molecule has 0 radical (unpaired) electrons. The summed E-state index contributed by atoms with van der Waals surface area (Å²) in [5, 5.41) is 0. The number of nitrogens with zero attached hydrogens (tertiary/aromatic N) is 2. The van der Waals surface area contributed by atoms with Crippen LogP contribution < -0.4 is 16.2 Å². The molecule has 6 heteroatoms. The van der Waals surface area contributed by atoms with Crippen LogP contribution in [0, 0.1) is 0 Å². The number of hydrogen-bond donors (Lipinski definition) is 3. The zero-order valence-corrected chi connectivity index (χ0v) is 10.6. The Bertz CT molecular complexity index is 634. The molecule has 1 aromatic heterocycles. The molecule has 0 unspecified atom stereocenters. The highest BCUT2D eigenvalue weighted by Gasteiger charge is 2.21. The van der Waals surface area contributed by atoms with Crippen LogP contribution in [-0.2, 0) is 11.2 Å². The second kappa shape index (κ2) is 4.40. The van der Waals surface area contributed by atoms with Crippen LogP contribution in [0.3, 0.4) is 0 Å². The van der Waals surface area contributed by atoms with Gasteiger partial charge in [0.25, 0.3) is 0 Å². The standard InChI is InChI=1S/C13H15N5O/c1-18-11-4-2-8(6-9(11)3-5-12(18)19)10-7-15-13(16-10)17-14/h2,4,6-7H,3,5,14H2,1H3,(H2,15,16,17). The fraction of sp³-hybridized carbons (Fsp3) is 0.231. The van der Waals surface area contributed by atoms with E-state index in [1.165, 1.54) is 5.56 Å². The van der Waals surface area contributed by atoms with Crippen molar-refractivity contribution < 1.29 is 4.79 Å². The minimum absolute atomic E-state index is 0.163. The van der Waals surface area contributed by atoms with E-state index in [1.807, 2.05) is 19.2 Å². The number of amides is 1. The molecule has 2 heterocycles. The summed E-state index contributed by atoms with van der Waals surface area (Å²) in [6, 6.07) is 6.03. The van der Waals surface area contributed by atoms with Crippen molar-refractivity contribution >= 4 is 17.5 Å². The molecule has 19 heavy (non-hydrogen) atoms. The van der Waals surface area contributed by atoms with E-state index in [0.717, 1.165) is 23.4 Å². The lowest BCUT2D eigenvalue weighted by molar-refractivity contribution is -0.118. The number of fused-ring (bicyclic) bond motifs is 1. The Morgan fingerprint density at radius 2 is 2.26 bits per heavy atom. The Balaban J connectivity index is 1.99. The number of imidazole rings is 1. The summed E-state index contributed by atoms with van der Waals surface area (Å²) < 4.78 is 0. The van der Waals surface area contributed by atoms with Gasteiger partial charge in [0.1, 0.15) is 0 Å². The van der Waals surface area contributed by atoms with Crippen LogP contribution >= 0.6 is 0 Å². The van der Waals surface area contributed by atoms with Crippen molar-refractivity contribution in [3.05, 3.63) is 30.0 Å². The van der Waals surface area contributed by atoms with Gasteiger partial charge >= 0.3 is 0 Å². The monoisotopic (exact) mass is 257 g/mol. The highest BCUT2D eigenvalue weighted by Crippen LogP contribution is 2.30. The van der Waals surface area contributed by atoms with Crippen molar-refractivity contribution in [1.29, 1.82) is 0 Å². The number of nitrogens with two attached hydrogens (primary N) is 1. The molecule has 0 saturated heterocycles. The van der Waals surface area contributed by atoms with Crippen LogP contribution in [0.1, 0.15) is 12.0 Å². The minimum atomic E-state index is 0.163. The molecule has 0 saturated carbocycles. The summed E-state index contributed by atoms with van der Waals surface area (Å²) in [5.41, 5.74) is 6.57. The van der Waals surface area contributed by atoms with Crippen molar-refractivity contribution in [2.75, 3.05) is 17.4 Å². The number of anilines is 2. The predicted octanol–water partition coefficient (Wildman–Crippen LogP) is 1.27. The number of nitrogens with one attached hydrogen (secondary N) is 2. The third-order valence-electron chi connectivity index (χ3n) is 3.45. The van der Waals surface area contributed by atoms with Gasteiger partial charge in [0.15, 0.2) is 0 Å². The van der Waals surface area contributed by atoms with Gasteiger partial charge in [-0.3, -0.25) is 10.2 Å². The molecule has 4 N–H and O–H groups in total. The number of carbonyl (C=O) groups excluding carboxylic acids is 1. The average molecular weight is 257 g/mol. The third-order valence-corrected chi connectivity index (χ3v) is 3.45. The Kier molecular flexibility index (Phi) is 2.72. The largest absolute Gasteiger partial charge is 0.323 e. The lowest BCUT2D eigenvalue weighted by atomic mass is 9.98. The molecule has 1 aliphatic heterocycles. The van der Waals surface area contributed by atoms with E-state index in [9.17, 15) is 4.79 Å². The number of H-pyrrole nitrogens is 1. The highest BCUT2D eigenvalue weighted by molar-refractivity contribution is 5.96. The molecule has 0 bridgehead atoms. The maximum Gasteiger partial charge on any atom is 0.227 e. The van der Waals surface area contributed by atoms with Crippen molar-refractivity contribution in [2.24, 2.45) is 5.84 Å². The van der Waals surface area contributed by atoms with Gasteiger partial charge in [-0.2, -0.15) is 0 Å². The molecule has 2 aromatic rings. The summed E-state index contributed by atoms with van der Waals surface area (Å²) in [6.07, 6.45) is 3.07. The normalized spacial score (nSPS) is 14.4. The quantitative estimate of drug-likeness (QED) is 0.558. The summed E-state index contributed by atoms with van der Waals surface area (Å²) >= 11 is 0. The molecular formula is C13H15N5O. The van der Waals surface area contributed by atoms with Gasteiger partial charge in [0.2, 0.25) is 11.9 Å². The van der Waals surface area contributed by atoms with Crippen molar-refractivity contribution in [2.45, 2.75) is 12.8 Å². The first-order valence-electron chi connectivity index (χ1n) is 6.10. The molecule has 3 rings (SSSR count). The first-order chi connectivity index (χ1) is 9.19. The van der Waals surface area contributed by atoms with Crippen LogP contribution in [0.25, 0.3) is 11.3 Å². The summed E-state index contributed by atoms with van der Waals surface area (Å²) in [5.74, 6) is 5.99. The van der Waals surface area contributed by atoms with Crippen LogP contribution in [0.4, 0.5) is 11.6 Å². The molecule has 0 fully saturated rings. The number of rotatable bonds is 2. The summed E-state index contributed by atoms with van der Waals surface area (Å²) in [4.78, 5) is 20.5. The van der Waals surface area contributed by atoms with Crippen molar-refractivity contribution in [3.8, 4) is 11.3 Å². The SMILES string of the molecule is CN1C(=O)CCc2cc(-c3cnc(NN)[nH]3)ccc21. The van der Waals surface area contributed by atoms with E-state index in [0.29, 0.717) is 12.4 Å². The fourth-order valence-electron chi connectivity index (χ4n) is 2.37. The van der Waals surface area contributed by atoms with Gasteiger partial charge in [-0.15, -0.1) is 0 Å². The number of hydrogen-bond acceptors (Lipinski definition) is 4. The minimum Gasteiger partial charge on any atom is -0.323 e. The molecule has 6 nitrogen and oxygen atoms in total. The maximum atomic E-state index is 11.6. The van der Waals surface area contributed by atoms with E-state index < -0.39 is 0 Å². The number of hydrazine groups is 1. The number of nitrogen functional groups attached to an aromatic ring is 1. The molecule has 0 spiro atoms. The number of aryl methyl sites for hydroxylation is 1. The van der Waals surface area contributed by atoms with Gasteiger partial charge in [-0.25, -0.2) is 10.8 Å². The van der Waals surface area contributed by atoms with Crippen molar-refractivity contribution in [1.82, 2.24) is 9.97 Å². The molecule has 0 atom stereocenters. The first kappa shape index (κ1) is 11.7. The topological polar surface area (TPSA) is 87.0 Å². The smallest absolute Gasteiger partial charge is 0.227 e. The lowest BCUT2D eigenvalue weighted by Crippen LogP contribution is -2.30. The van der Waals surface area contributed by atoms with E-state index in [4.69, 9.17) is 5.84 Å². The van der Waals surface area contributed by atoms with Crippen LogP contribution in [-0.4, -0.2) is 22.9 Å². The number of benzene rings is 1. The van der Waals surface area contributed by atoms with Gasteiger partial charge in [0, 0.05) is 24.7 Å². The second-order valence-corrected chi connectivity index (χ2v) is 4.59. The van der Waals surface area contributed by atoms with Crippen molar-refractivity contribution in [3.63, 3.8) is 0 Å². The molecule has 1 aromatic carbocycles. The third kappa shape index (κ3) is 1.96. The first-order valence-corrected chi connectivity index (χ1v) is 6.10. The van der Waals surface area contributed by atoms with E-state index in [2.05, 4.69) is 21.5 Å². The Morgan fingerprint density at radius 1 is 1.42 bits per heavy atom. The van der Waals surface area contributed by atoms with Gasteiger partial charge in [-0.1, -0.05) is 6.07 Å². The maximum absolute atomic E-state index is 11.6. The second-order valence-electron chi connectivity index (χ2n) is 4.59. The van der Waals surface area contributed by atoms with Gasteiger partial charge in [-0.05, 0) is 24.1 Å².